The summed E-state index contributed by atoms with van der Waals surface area (Å²) in [5.41, 5.74) is 0. The van der Waals surface area contributed by atoms with E-state index >= 15 is 0 Å². The summed E-state index contributed by atoms with van der Waals surface area (Å²) in [5.74, 6) is 1.58. The summed E-state index contributed by atoms with van der Waals surface area (Å²) in [6, 6.07) is -0.189. The van der Waals surface area contributed by atoms with Gasteiger partial charge in [0.15, 0.2) is 0 Å². The number of aliphatic carboxylic acids is 1. The molecule has 2 amide bonds. The summed E-state index contributed by atoms with van der Waals surface area (Å²) >= 11 is 0. The zero-order valence-electron chi connectivity index (χ0n) is 10.2. The number of carboxylic acid groups (broad SMARTS) is 1. The highest BCUT2D eigenvalue weighted by Gasteiger charge is 2.25. The number of rotatable bonds is 5. The molecule has 18 heavy (non-hydrogen) atoms. The first kappa shape index (κ1) is 14.3. The molecule has 0 aliphatic carbocycles. The van der Waals surface area contributed by atoms with Crippen LogP contribution >= 0.6 is 0 Å². The van der Waals surface area contributed by atoms with Crippen molar-refractivity contribution in [3.8, 4) is 12.3 Å². The van der Waals surface area contributed by atoms with Gasteiger partial charge < -0.3 is 20.1 Å². The van der Waals surface area contributed by atoms with Gasteiger partial charge in [-0.2, -0.15) is 0 Å². The van der Waals surface area contributed by atoms with E-state index in [0.29, 0.717) is 32.7 Å². The minimum atomic E-state index is -0.920. The number of ether oxygens (including phenoxy) is 1. The third-order valence-corrected chi connectivity index (χ3v) is 2.60. The van der Waals surface area contributed by atoms with E-state index in [1.807, 2.05) is 0 Å². The Morgan fingerprint density at radius 2 is 2.33 bits per heavy atom. The van der Waals surface area contributed by atoms with Gasteiger partial charge in [0, 0.05) is 26.1 Å². The Morgan fingerprint density at radius 3 is 3.00 bits per heavy atom. The average Bonchev–Trinajstić information content (AvgIpc) is 2.34. The first-order valence-electron chi connectivity index (χ1n) is 5.93. The lowest BCUT2D eigenvalue weighted by atomic mass is 10.2. The molecule has 1 fully saturated rings. The third kappa shape index (κ3) is 5.06. The quantitative estimate of drug-likeness (QED) is 0.546. The molecule has 2 N–H and O–H groups in total. The van der Waals surface area contributed by atoms with Gasteiger partial charge in [0.2, 0.25) is 0 Å². The first-order valence-corrected chi connectivity index (χ1v) is 5.93. The van der Waals surface area contributed by atoms with Gasteiger partial charge in [0.1, 0.15) is 0 Å². The fourth-order valence-corrected chi connectivity index (χ4v) is 1.72. The molecule has 0 saturated carbocycles. The normalized spacial score (nSPS) is 19.1. The second-order valence-corrected chi connectivity index (χ2v) is 4.08. The van der Waals surface area contributed by atoms with Crippen LogP contribution in [0.25, 0.3) is 0 Å². The summed E-state index contributed by atoms with van der Waals surface area (Å²) in [7, 11) is 0. The number of hydrogen-bond donors (Lipinski definition) is 2. The van der Waals surface area contributed by atoms with Crippen LogP contribution in [-0.2, 0) is 9.53 Å². The number of carbonyl (C=O) groups is 2. The second-order valence-electron chi connectivity index (χ2n) is 4.08. The lowest BCUT2D eigenvalue weighted by molar-refractivity contribution is -0.141. The van der Waals surface area contributed by atoms with Crippen LogP contribution in [0.2, 0.25) is 0 Å². The molecule has 1 aliphatic rings. The maximum atomic E-state index is 11.8. The van der Waals surface area contributed by atoms with E-state index < -0.39 is 12.1 Å². The Hall–Kier alpha value is -1.74. The Balaban J connectivity index is 2.29. The minimum absolute atomic E-state index is 0.0825. The largest absolute Gasteiger partial charge is 0.481 e. The zero-order chi connectivity index (χ0) is 13.4. The molecule has 1 saturated heterocycles. The number of carbonyl (C=O) groups excluding carboxylic acids is 1. The number of nitrogens with one attached hydrogen (secondary N) is 1. The predicted octanol–water partition coefficient (Wildman–Crippen LogP) is 0.285. The average molecular weight is 254 g/mol. The zero-order valence-corrected chi connectivity index (χ0v) is 10.2. The van der Waals surface area contributed by atoms with Crippen LogP contribution in [-0.4, -0.2) is 54.4 Å². The van der Waals surface area contributed by atoms with Gasteiger partial charge in [-0.05, 0) is 6.42 Å². The van der Waals surface area contributed by atoms with E-state index in [4.69, 9.17) is 16.3 Å². The maximum absolute atomic E-state index is 11.8. The fourth-order valence-electron chi connectivity index (χ4n) is 1.72. The van der Waals surface area contributed by atoms with Crippen LogP contribution in [0.3, 0.4) is 0 Å². The summed E-state index contributed by atoms with van der Waals surface area (Å²) in [6.45, 7) is 1.70. The molecule has 100 valence electrons. The number of urea groups is 1. The molecule has 1 atom stereocenters. The standard InChI is InChI=1S/C12H18N2O4/c1-2-3-4-5-13-12(17)14-6-7-18-10(9-14)8-11(15)16/h1,10H,3-9H2,(H,13,17)(H,15,16). The smallest absolute Gasteiger partial charge is 0.317 e. The molecule has 1 rings (SSSR count). The van der Waals surface area contributed by atoms with Crippen LogP contribution in [0, 0.1) is 12.3 Å². The van der Waals surface area contributed by atoms with Gasteiger partial charge in [0.05, 0.1) is 19.1 Å². The Labute approximate surface area is 106 Å². The molecule has 1 unspecified atom stereocenters. The number of terminal acetylenes is 1. The molecule has 0 radical (unpaired) electrons. The number of carboxylic acids is 1. The molecule has 1 aliphatic heterocycles. The van der Waals surface area contributed by atoms with Crippen molar-refractivity contribution in [2.45, 2.75) is 25.4 Å². The lowest BCUT2D eigenvalue weighted by Crippen LogP contribution is -2.50. The van der Waals surface area contributed by atoms with E-state index in [1.54, 1.807) is 4.90 Å². The van der Waals surface area contributed by atoms with Gasteiger partial charge in [-0.3, -0.25) is 4.79 Å². The van der Waals surface area contributed by atoms with E-state index in [-0.39, 0.29) is 12.5 Å². The number of amides is 2. The van der Waals surface area contributed by atoms with Gasteiger partial charge in [0.25, 0.3) is 0 Å². The highest BCUT2D eigenvalue weighted by molar-refractivity contribution is 5.74. The Kier molecular flexibility index (Phi) is 6.01. The third-order valence-electron chi connectivity index (χ3n) is 2.60. The van der Waals surface area contributed by atoms with Gasteiger partial charge in [-0.1, -0.05) is 0 Å². The van der Waals surface area contributed by atoms with E-state index in [0.717, 1.165) is 6.42 Å². The van der Waals surface area contributed by atoms with Crippen molar-refractivity contribution in [2.24, 2.45) is 0 Å². The SMILES string of the molecule is C#CCCCNC(=O)N1CCOC(CC(=O)O)C1. The van der Waals surface area contributed by atoms with Crippen molar-refractivity contribution < 1.29 is 19.4 Å². The topological polar surface area (TPSA) is 78.9 Å². The second kappa shape index (κ2) is 7.56. The van der Waals surface area contributed by atoms with Crippen LogP contribution in [0.4, 0.5) is 4.79 Å². The molecule has 1 heterocycles. The molecule has 6 heteroatoms. The first-order chi connectivity index (χ1) is 8.63. The minimum Gasteiger partial charge on any atom is -0.481 e. The number of hydrogen-bond acceptors (Lipinski definition) is 3. The summed E-state index contributed by atoms with van der Waals surface area (Å²) < 4.78 is 5.28. The molecule has 0 spiro atoms. The van der Waals surface area contributed by atoms with E-state index in [9.17, 15) is 9.59 Å². The number of morpholine rings is 1. The summed E-state index contributed by atoms with van der Waals surface area (Å²) in [6.07, 6.45) is 5.97. The van der Waals surface area contributed by atoms with Crippen LogP contribution < -0.4 is 5.32 Å². The van der Waals surface area contributed by atoms with Crippen molar-refractivity contribution >= 4 is 12.0 Å². The molecule has 6 nitrogen and oxygen atoms in total. The highest BCUT2D eigenvalue weighted by atomic mass is 16.5. The van der Waals surface area contributed by atoms with Crippen LogP contribution in [0.15, 0.2) is 0 Å². The van der Waals surface area contributed by atoms with Gasteiger partial charge in [-0.25, -0.2) is 4.79 Å². The van der Waals surface area contributed by atoms with Crippen molar-refractivity contribution in [1.29, 1.82) is 0 Å². The van der Waals surface area contributed by atoms with Crippen molar-refractivity contribution in [1.82, 2.24) is 10.2 Å². The van der Waals surface area contributed by atoms with Crippen LogP contribution in [0.1, 0.15) is 19.3 Å². The number of unbranched alkanes of at least 4 members (excludes halogenated alkanes) is 1. The van der Waals surface area contributed by atoms with E-state index in [1.165, 1.54) is 0 Å². The number of nitrogens with zero attached hydrogens (tertiary/aromatic N) is 1. The lowest BCUT2D eigenvalue weighted by Gasteiger charge is -2.32. The molecule has 0 aromatic rings. The highest BCUT2D eigenvalue weighted by Crippen LogP contribution is 2.08. The summed E-state index contributed by atoms with van der Waals surface area (Å²) in [4.78, 5) is 23.9. The van der Waals surface area contributed by atoms with Gasteiger partial charge >= 0.3 is 12.0 Å². The van der Waals surface area contributed by atoms with Crippen molar-refractivity contribution in [3.63, 3.8) is 0 Å². The molecular weight excluding hydrogens is 236 g/mol. The van der Waals surface area contributed by atoms with Crippen LogP contribution in [0.5, 0.6) is 0 Å². The van der Waals surface area contributed by atoms with Crippen molar-refractivity contribution in [2.75, 3.05) is 26.2 Å². The summed E-state index contributed by atoms with van der Waals surface area (Å²) in [5, 5.41) is 11.4. The Morgan fingerprint density at radius 1 is 1.56 bits per heavy atom. The van der Waals surface area contributed by atoms with E-state index in [2.05, 4.69) is 11.2 Å². The fraction of sp³-hybridized carbons (Fsp3) is 0.667. The maximum Gasteiger partial charge on any atom is 0.317 e. The van der Waals surface area contributed by atoms with Gasteiger partial charge in [-0.15, -0.1) is 12.3 Å². The molecule has 0 aromatic heterocycles. The molecular formula is C12H18N2O4. The monoisotopic (exact) mass is 254 g/mol. The molecule has 0 aromatic carbocycles. The Bertz CT molecular complexity index is 337. The molecule has 0 bridgehead atoms. The van der Waals surface area contributed by atoms with Crippen molar-refractivity contribution in [3.05, 3.63) is 0 Å². The predicted molar refractivity (Wildman–Crippen MR) is 65.0 cm³/mol.